The zero-order valence-electron chi connectivity index (χ0n) is 22.3. The van der Waals surface area contributed by atoms with Crippen LogP contribution in [0.2, 0.25) is 0 Å². The molecule has 0 saturated heterocycles. The molecule has 1 aromatic heterocycles. The molecule has 1 amide bonds. The Labute approximate surface area is 226 Å². The lowest BCUT2D eigenvalue weighted by molar-refractivity contribution is 0.0996. The summed E-state index contributed by atoms with van der Waals surface area (Å²) in [4.78, 5) is 15.3. The van der Waals surface area contributed by atoms with Gasteiger partial charge < -0.3 is 14.8 Å². The Balaban J connectivity index is 1.31. The van der Waals surface area contributed by atoms with Gasteiger partial charge in [-0.15, -0.1) is 10.2 Å². The number of nitrogens with zero attached hydrogens (tertiary/aromatic N) is 4. The number of anilines is 1. The Bertz CT molecular complexity index is 1380. The number of benzene rings is 2. The first kappa shape index (κ1) is 26.0. The normalized spacial score (nSPS) is 23.6. The highest BCUT2D eigenvalue weighted by atomic mass is 19.3. The zero-order valence-corrected chi connectivity index (χ0v) is 22.3. The Morgan fingerprint density at radius 3 is 2.59 bits per heavy atom. The number of hydrogen-bond donors (Lipinski definition) is 1. The molecule has 3 aliphatic rings. The van der Waals surface area contributed by atoms with Crippen molar-refractivity contribution in [1.29, 1.82) is 0 Å². The maximum absolute atomic E-state index is 14.2. The van der Waals surface area contributed by atoms with Crippen molar-refractivity contribution in [3.63, 3.8) is 0 Å². The van der Waals surface area contributed by atoms with Crippen LogP contribution in [0.5, 0.6) is 0 Å². The van der Waals surface area contributed by atoms with Crippen molar-refractivity contribution in [2.45, 2.75) is 63.5 Å². The molecule has 6 rings (SSSR count). The van der Waals surface area contributed by atoms with Gasteiger partial charge in [0.25, 0.3) is 12.3 Å². The van der Waals surface area contributed by atoms with E-state index in [2.05, 4.69) is 15.5 Å². The molecule has 1 atom stereocenters. The van der Waals surface area contributed by atoms with Crippen LogP contribution in [0.4, 0.5) is 18.9 Å². The van der Waals surface area contributed by atoms with Crippen LogP contribution in [-0.4, -0.2) is 33.9 Å². The minimum Gasteiger partial charge on any atom is -0.320 e. The van der Waals surface area contributed by atoms with Crippen molar-refractivity contribution in [3.8, 4) is 0 Å². The molecule has 1 aliphatic heterocycles. The van der Waals surface area contributed by atoms with E-state index in [-0.39, 0.29) is 30.0 Å². The number of carbonyl (C=O) groups excluding carboxylic acids is 1. The van der Waals surface area contributed by atoms with Gasteiger partial charge in [-0.25, -0.2) is 8.78 Å². The average Bonchev–Trinajstić information content (AvgIpc) is 3.45. The summed E-state index contributed by atoms with van der Waals surface area (Å²) in [5.41, 5.74) is 2.42. The lowest BCUT2D eigenvalue weighted by Crippen LogP contribution is -2.45. The first-order valence-corrected chi connectivity index (χ1v) is 13.8. The smallest absolute Gasteiger partial charge is 0.264 e. The van der Waals surface area contributed by atoms with Crippen LogP contribution in [0.15, 0.2) is 42.7 Å². The second kappa shape index (κ2) is 10.1. The minimum absolute atomic E-state index is 0.0602. The molecular formula is C30H34F3N5O. The molecule has 0 spiro atoms. The Morgan fingerprint density at radius 2 is 1.95 bits per heavy atom. The van der Waals surface area contributed by atoms with E-state index in [0.717, 1.165) is 17.9 Å². The maximum Gasteiger partial charge on any atom is 0.264 e. The van der Waals surface area contributed by atoms with Crippen molar-refractivity contribution in [1.82, 2.24) is 20.1 Å². The highest BCUT2D eigenvalue weighted by molar-refractivity contribution is 6.10. The van der Waals surface area contributed by atoms with Crippen LogP contribution in [-0.2, 0) is 19.0 Å². The van der Waals surface area contributed by atoms with Gasteiger partial charge in [-0.2, -0.15) is 0 Å². The van der Waals surface area contributed by atoms with Gasteiger partial charge in [0.1, 0.15) is 12.2 Å². The van der Waals surface area contributed by atoms with Crippen molar-refractivity contribution >= 4 is 11.6 Å². The third-order valence-electron chi connectivity index (χ3n) is 9.11. The molecular weight excluding hydrogens is 503 g/mol. The largest absolute Gasteiger partial charge is 0.320 e. The fourth-order valence-corrected chi connectivity index (χ4v) is 6.54. The van der Waals surface area contributed by atoms with Gasteiger partial charge in [-0.05, 0) is 91.9 Å². The predicted octanol–water partition coefficient (Wildman–Crippen LogP) is 6.03. The summed E-state index contributed by atoms with van der Waals surface area (Å²) < 4.78 is 43.8. The first-order valence-electron chi connectivity index (χ1n) is 13.8. The quantitative estimate of drug-likeness (QED) is 0.362. The van der Waals surface area contributed by atoms with E-state index in [1.807, 2.05) is 42.8 Å². The summed E-state index contributed by atoms with van der Waals surface area (Å²) >= 11 is 0. The number of aryl methyl sites for hydroxylation is 1. The van der Waals surface area contributed by atoms with E-state index in [1.165, 1.54) is 19.3 Å². The third kappa shape index (κ3) is 4.44. The number of amides is 1. The predicted molar refractivity (Wildman–Crippen MR) is 143 cm³/mol. The summed E-state index contributed by atoms with van der Waals surface area (Å²) in [5.74, 6) is 1.06. The van der Waals surface area contributed by atoms with Crippen molar-refractivity contribution in [2.75, 3.05) is 18.1 Å². The molecule has 2 aliphatic carbocycles. The molecule has 2 aromatic carbocycles. The number of nitrogens with one attached hydrogen (secondary N) is 1. The van der Waals surface area contributed by atoms with E-state index in [4.69, 9.17) is 0 Å². The molecule has 206 valence electrons. The Hall–Kier alpha value is -3.20. The number of alkyl halides is 3. The maximum atomic E-state index is 14.2. The molecule has 2 saturated carbocycles. The van der Waals surface area contributed by atoms with Crippen LogP contribution in [0.25, 0.3) is 0 Å². The van der Waals surface area contributed by atoms with Gasteiger partial charge >= 0.3 is 0 Å². The topological polar surface area (TPSA) is 63.0 Å². The standard InChI is InChI=1S/C30H34F3N5O/c1-18(34-15-19-5-3-6-19)21-9-24(27(32)33)26-16-38(28(39)25(26)10-21)23-8-4-7-22(11-23)30(12-20(13-30)14-31)29-36-35-17-37(29)2/h4,7-11,17-20,27,34H,3,5-6,12-16H2,1-2H3/t18-,20?,30?/m0/s1. The van der Waals surface area contributed by atoms with Crippen LogP contribution in [0, 0.1) is 11.8 Å². The molecule has 6 nitrogen and oxygen atoms in total. The van der Waals surface area contributed by atoms with Crippen molar-refractivity contribution in [2.24, 2.45) is 18.9 Å². The molecule has 9 heteroatoms. The number of fused-ring (bicyclic) bond motifs is 1. The number of aromatic nitrogens is 3. The summed E-state index contributed by atoms with van der Waals surface area (Å²) in [5, 5.41) is 11.9. The van der Waals surface area contributed by atoms with Crippen molar-refractivity contribution < 1.29 is 18.0 Å². The van der Waals surface area contributed by atoms with Crippen LogP contribution in [0.1, 0.15) is 89.9 Å². The van der Waals surface area contributed by atoms with E-state index >= 15 is 0 Å². The fourth-order valence-electron chi connectivity index (χ4n) is 6.54. The summed E-state index contributed by atoms with van der Waals surface area (Å²) in [7, 11) is 1.87. The summed E-state index contributed by atoms with van der Waals surface area (Å²) in [6.07, 6.45) is 3.79. The molecule has 0 radical (unpaired) electrons. The van der Waals surface area contributed by atoms with Crippen LogP contribution in [0.3, 0.4) is 0 Å². The number of hydrogen-bond acceptors (Lipinski definition) is 4. The van der Waals surface area contributed by atoms with Gasteiger partial charge in [-0.3, -0.25) is 9.18 Å². The molecule has 0 bridgehead atoms. The van der Waals surface area contributed by atoms with Crippen molar-refractivity contribution in [3.05, 3.63) is 76.4 Å². The molecule has 1 N–H and O–H groups in total. The van der Waals surface area contributed by atoms with Gasteiger partial charge in [0.05, 0.1) is 18.6 Å². The van der Waals surface area contributed by atoms with Gasteiger partial charge in [0, 0.05) is 29.9 Å². The summed E-state index contributed by atoms with van der Waals surface area (Å²) in [6.45, 7) is 2.51. The minimum atomic E-state index is -2.68. The van der Waals surface area contributed by atoms with Crippen LogP contribution >= 0.6 is 0 Å². The van der Waals surface area contributed by atoms with E-state index in [1.54, 1.807) is 23.4 Å². The molecule has 0 unspecified atom stereocenters. The van der Waals surface area contributed by atoms with Gasteiger partial charge in [0.2, 0.25) is 0 Å². The zero-order chi connectivity index (χ0) is 27.3. The average molecular weight is 538 g/mol. The SMILES string of the molecule is C[C@H](NCC1CCC1)c1cc2c(c(C(F)F)c1)CN(c1cccc(C3(c4nncn4C)CC(CF)C3)c1)C2=O. The molecule has 2 heterocycles. The Kier molecular flexibility index (Phi) is 6.73. The van der Waals surface area contributed by atoms with Gasteiger partial charge in [-0.1, -0.05) is 18.6 Å². The first-order chi connectivity index (χ1) is 18.8. The Morgan fingerprint density at radius 1 is 1.15 bits per heavy atom. The lowest BCUT2D eigenvalue weighted by atomic mass is 9.58. The molecule has 2 fully saturated rings. The second-order valence-electron chi connectivity index (χ2n) is 11.6. The number of halogens is 3. The lowest BCUT2D eigenvalue weighted by Gasteiger charge is -2.46. The van der Waals surface area contributed by atoms with E-state index in [0.29, 0.717) is 41.1 Å². The fraction of sp³-hybridized carbons (Fsp3) is 0.500. The van der Waals surface area contributed by atoms with E-state index in [9.17, 15) is 18.0 Å². The van der Waals surface area contributed by atoms with Gasteiger partial charge in [0.15, 0.2) is 0 Å². The number of rotatable bonds is 9. The summed E-state index contributed by atoms with van der Waals surface area (Å²) in [6, 6.07) is 10.8. The molecule has 3 aromatic rings. The number of carbonyl (C=O) groups is 1. The van der Waals surface area contributed by atoms with E-state index < -0.39 is 18.5 Å². The van der Waals surface area contributed by atoms with Crippen LogP contribution < -0.4 is 10.2 Å². The monoisotopic (exact) mass is 537 g/mol. The second-order valence-corrected chi connectivity index (χ2v) is 11.6. The highest BCUT2D eigenvalue weighted by Gasteiger charge is 2.50. The molecule has 39 heavy (non-hydrogen) atoms. The highest BCUT2D eigenvalue weighted by Crippen LogP contribution is 2.52. The third-order valence-corrected chi connectivity index (χ3v) is 9.11.